The van der Waals surface area contributed by atoms with Crippen molar-refractivity contribution in [3.05, 3.63) is 66.1 Å². The highest BCUT2D eigenvalue weighted by atomic mass is 32.2. The third kappa shape index (κ3) is 5.33. The Labute approximate surface area is 180 Å². The van der Waals surface area contributed by atoms with Gasteiger partial charge < -0.3 is 19.5 Å². The summed E-state index contributed by atoms with van der Waals surface area (Å²) in [7, 11) is 0. The molecular formula is C22H25N5O2S. The van der Waals surface area contributed by atoms with Gasteiger partial charge in [-0.05, 0) is 42.7 Å². The van der Waals surface area contributed by atoms with Crippen LogP contribution in [-0.2, 0) is 6.42 Å². The predicted molar refractivity (Wildman–Crippen MR) is 118 cm³/mol. The van der Waals surface area contributed by atoms with E-state index in [4.69, 9.17) is 4.74 Å². The summed E-state index contributed by atoms with van der Waals surface area (Å²) in [6, 6.07) is 11.8. The van der Waals surface area contributed by atoms with E-state index in [0.717, 1.165) is 41.8 Å². The Balaban J connectivity index is 1.22. The van der Waals surface area contributed by atoms with Crippen molar-refractivity contribution >= 4 is 23.7 Å². The molecule has 0 unspecified atom stereocenters. The van der Waals surface area contributed by atoms with E-state index in [0.29, 0.717) is 18.8 Å². The van der Waals surface area contributed by atoms with Crippen molar-refractivity contribution < 1.29 is 9.53 Å². The maximum atomic E-state index is 12.5. The standard InChI is InChI=1S/C22H25N5O2S/c1-17-2-7-20(25-16-17)26-11-13-27(14-12-26)22(28)29-19-5-3-18(4-6-19)8-15-30-21-23-9-10-24-21/h2-7,9-10,16H,8,11-15H2,1H3,(H,23,24). The smallest absolute Gasteiger partial charge is 0.410 e. The molecule has 0 bridgehead atoms. The van der Waals surface area contributed by atoms with Crippen molar-refractivity contribution in [1.29, 1.82) is 0 Å². The lowest BCUT2D eigenvalue weighted by Crippen LogP contribution is -2.49. The van der Waals surface area contributed by atoms with Crippen LogP contribution in [0.4, 0.5) is 10.6 Å². The zero-order chi connectivity index (χ0) is 20.8. The number of thioether (sulfide) groups is 1. The predicted octanol–water partition coefficient (Wildman–Crippen LogP) is 3.77. The number of pyridine rings is 1. The van der Waals surface area contributed by atoms with Crippen LogP contribution in [-0.4, -0.2) is 57.9 Å². The Morgan fingerprint density at radius 2 is 1.90 bits per heavy atom. The lowest BCUT2D eigenvalue weighted by Gasteiger charge is -2.34. The van der Waals surface area contributed by atoms with Crippen molar-refractivity contribution in [2.75, 3.05) is 36.8 Å². The Kier molecular flexibility index (Phi) is 6.53. The summed E-state index contributed by atoms with van der Waals surface area (Å²) in [4.78, 5) is 28.2. The molecule has 0 atom stereocenters. The van der Waals surface area contributed by atoms with E-state index in [-0.39, 0.29) is 6.09 Å². The topological polar surface area (TPSA) is 74.3 Å². The van der Waals surface area contributed by atoms with Crippen LogP contribution in [0.25, 0.3) is 0 Å². The van der Waals surface area contributed by atoms with Crippen molar-refractivity contribution in [3.8, 4) is 5.75 Å². The van der Waals surface area contributed by atoms with Gasteiger partial charge in [0.15, 0.2) is 5.16 Å². The van der Waals surface area contributed by atoms with Crippen molar-refractivity contribution in [3.63, 3.8) is 0 Å². The lowest BCUT2D eigenvalue weighted by molar-refractivity contribution is 0.149. The van der Waals surface area contributed by atoms with Crippen LogP contribution in [0.2, 0.25) is 0 Å². The van der Waals surface area contributed by atoms with E-state index in [9.17, 15) is 4.79 Å². The molecule has 1 fully saturated rings. The molecule has 0 radical (unpaired) electrons. The summed E-state index contributed by atoms with van der Waals surface area (Å²) < 4.78 is 5.56. The maximum Gasteiger partial charge on any atom is 0.415 e. The molecule has 0 saturated carbocycles. The molecule has 0 spiro atoms. The minimum absolute atomic E-state index is 0.298. The number of hydrogen-bond acceptors (Lipinski definition) is 6. The summed E-state index contributed by atoms with van der Waals surface area (Å²) in [6.07, 6.45) is 6.08. The fourth-order valence-corrected chi connectivity index (χ4v) is 4.07. The average Bonchev–Trinajstić information content (AvgIpc) is 3.29. The molecule has 1 N–H and O–H groups in total. The normalized spacial score (nSPS) is 14.0. The van der Waals surface area contributed by atoms with E-state index >= 15 is 0 Å². The van der Waals surface area contributed by atoms with Crippen molar-refractivity contribution in [2.45, 2.75) is 18.5 Å². The highest BCUT2D eigenvalue weighted by molar-refractivity contribution is 7.99. The summed E-state index contributed by atoms with van der Waals surface area (Å²) in [5.41, 5.74) is 2.34. The zero-order valence-corrected chi connectivity index (χ0v) is 17.8. The number of amides is 1. The van der Waals surface area contributed by atoms with Gasteiger partial charge in [0, 0.05) is 50.5 Å². The monoisotopic (exact) mass is 423 g/mol. The Morgan fingerprint density at radius 3 is 2.57 bits per heavy atom. The summed E-state index contributed by atoms with van der Waals surface area (Å²) in [5, 5.41) is 0.929. The molecule has 4 rings (SSSR count). The first kappa shape index (κ1) is 20.3. The number of H-pyrrole nitrogens is 1. The second-order valence-electron chi connectivity index (χ2n) is 7.17. The number of aryl methyl sites for hydroxylation is 2. The van der Waals surface area contributed by atoms with Gasteiger partial charge in [-0.2, -0.15) is 0 Å². The fourth-order valence-electron chi connectivity index (χ4n) is 3.25. The molecule has 1 saturated heterocycles. The fraction of sp³-hybridized carbons (Fsp3) is 0.318. The average molecular weight is 424 g/mol. The van der Waals surface area contributed by atoms with Gasteiger partial charge in [0.1, 0.15) is 11.6 Å². The van der Waals surface area contributed by atoms with E-state index in [1.54, 1.807) is 22.9 Å². The van der Waals surface area contributed by atoms with E-state index < -0.39 is 0 Å². The Bertz CT molecular complexity index is 937. The Morgan fingerprint density at radius 1 is 1.10 bits per heavy atom. The first-order valence-corrected chi connectivity index (χ1v) is 11.0. The number of piperazine rings is 1. The second kappa shape index (κ2) is 9.67. The number of benzene rings is 1. The van der Waals surface area contributed by atoms with Crippen LogP contribution in [0, 0.1) is 6.92 Å². The van der Waals surface area contributed by atoms with Gasteiger partial charge in [0.25, 0.3) is 0 Å². The van der Waals surface area contributed by atoms with Crippen LogP contribution in [0.1, 0.15) is 11.1 Å². The molecule has 0 aliphatic carbocycles. The summed E-state index contributed by atoms with van der Waals surface area (Å²) in [5.74, 6) is 2.46. The van der Waals surface area contributed by atoms with Crippen LogP contribution in [0.5, 0.6) is 5.75 Å². The molecule has 1 aliphatic rings. The van der Waals surface area contributed by atoms with Gasteiger partial charge in [0.05, 0.1) is 0 Å². The van der Waals surface area contributed by atoms with Gasteiger partial charge in [-0.1, -0.05) is 30.0 Å². The molecular weight excluding hydrogens is 398 g/mol. The molecule has 2 aromatic heterocycles. The van der Waals surface area contributed by atoms with E-state index in [2.05, 4.69) is 25.9 Å². The van der Waals surface area contributed by atoms with Crippen molar-refractivity contribution in [1.82, 2.24) is 19.9 Å². The number of carbonyl (C=O) groups excluding carboxylic acids is 1. The van der Waals surface area contributed by atoms with Gasteiger partial charge in [-0.15, -0.1) is 0 Å². The molecule has 1 aliphatic heterocycles. The number of hydrogen-bond donors (Lipinski definition) is 1. The highest BCUT2D eigenvalue weighted by Crippen LogP contribution is 2.19. The zero-order valence-electron chi connectivity index (χ0n) is 17.0. The third-order valence-corrected chi connectivity index (χ3v) is 5.89. The number of anilines is 1. The minimum Gasteiger partial charge on any atom is -0.410 e. The Hall–Kier alpha value is -3.00. The summed E-state index contributed by atoms with van der Waals surface area (Å²) >= 11 is 1.69. The number of aromatic nitrogens is 3. The summed E-state index contributed by atoms with van der Waals surface area (Å²) in [6.45, 7) is 4.76. The van der Waals surface area contributed by atoms with Gasteiger partial charge >= 0.3 is 6.09 Å². The lowest BCUT2D eigenvalue weighted by atomic mass is 10.2. The van der Waals surface area contributed by atoms with Crippen LogP contribution in [0.15, 0.2) is 60.1 Å². The van der Waals surface area contributed by atoms with Gasteiger partial charge in [0.2, 0.25) is 0 Å². The number of aromatic amines is 1. The molecule has 7 nitrogen and oxygen atoms in total. The van der Waals surface area contributed by atoms with Gasteiger partial charge in [-0.3, -0.25) is 0 Å². The van der Waals surface area contributed by atoms with Crippen molar-refractivity contribution in [2.24, 2.45) is 0 Å². The van der Waals surface area contributed by atoms with Gasteiger partial charge in [-0.25, -0.2) is 14.8 Å². The quantitative estimate of drug-likeness (QED) is 0.609. The number of imidazole rings is 1. The molecule has 3 aromatic rings. The first-order chi connectivity index (χ1) is 14.7. The van der Waals surface area contributed by atoms with Crippen LogP contribution < -0.4 is 9.64 Å². The first-order valence-electron chi connectivity index (χ1n) is 10.0. The molecule has 3 heterocycles. The maximum absolute atomic E-state index is 12.5. The number of rotatable bonds is 6. The van der Waals surface area contributed by atoms with E-state index in [1.807, 2.05) is 49.6 Å². The molecule has 30 heavy (non-hydrogen) atoms. The second-order valence-corrected chi connectivity index (χ2v) is 8.26. The number of ether oxygens (including phenoxy) is 1. The van der Waals surface area contributed by atoms with Crippen LogP contribution in [0.3, 0.4) is 0 Å². The van der Waals surface area contributed by atoms with E-state index in [1.165, 1.54) is 5.56 Å². The number of carbonyl (C=O) groups is 1. The number of nitrogens with one attached hydrogen (secondary N) is 1. The largest absolute Gasteiger partial charge is 0.415 e. The minimum atomic E-state index is -0.298. The molecule has 1 amide bonds. The molecule has 8 heteroatoms. The molecule has 156 valence electrons. The molecule has 1 aromatic carbocycles. The van der Waals surface area contributed by atoms with Crippen LogP contribution >= 0.6 is 11.8 Å². The third-order valence-electron chi connectivity index (χ3n) is 4.99. The SMILES string of the molecule is Cc1ccc(N2CCN(C(=O)Oc3ccc(CCSc4ncc[nH]4)cc3)CC2)nc1. The number of nitrogens with zero attached hydrogens (tertiary/aromatic N) is 4. The highest BCUT2D eigenvalue weighted by Gasteiger charge is 2.23.